The van der Waals surface area contributed by atoms with Gasteiger partial charge in [0.2, 0.25) is 11.8 Å². The summed E-state index contributed by atoms with van der Waals surface area (Å²) in [4.78, 5) is 44.2. The van der Waals surface area contributed by atoms with Crippen molar-refractivity contribution >= 4 is 40.7 Å². The lowest BCUT2D eigenvalue weighted by molar-refractivity contribution is -0.122. The van der Waals surface area contributed by atoms with Crippen molar-refractivity contribution in [2.24, 2.45) is 11.1 Å². The number of nitrogens with two attached hydrogens (primary N) is 1. The second-order valence-corrected chi connectivity index (χ2v) is 12.0. The van der Waals surface area contributed by atoms with E-state index in [9.17, 15) is 14.4 Å². The minimum absolute atomic E-state index is 0.118. The van der Waals surface area contributed by atoms with Gasteiger partial charge in [-0.1, -0.05) is 44.5 Å². The molecule has 41 heavy (non-hydrogen) atoms. The largest absolute Gasteiger partial charge is 0.496 e. The predicted octanol–water partition coefficient (Wildman–Crippen LogP) is 4.37. The molecule has 2 aromatic carbocycles. The molecule has 5 N–H and O–H groups in total. The molecule has 0 aliphatic carbocycles. The van der Waals surface area contributed by atoms with Gasteiger partial charge in [0.05, 0.1) is 23.7 Å². The van der Waals surface area contributed by atoms with Gasteiger partial charge in [0.1, 0.15) is 17.0 Å². The second-order valence-electron chi connectivity index (χ2n) is 11.6. The third-order valence-electron chi connectivity index (χ3n) is 7.79. The molecule has 3 amide bonds. The smallest absolute Gasteiger partial charge is 0.252 e. The van der Waals surface area contributed by atoms with E-state index in [2.05, 4.69) is 20.9 Å². The summed E-state index contributed by atoms with van der Waals surface area (Å²) in [6.07, 6.45) is 3.66. The highest BCUT2D eigenvalue weighted by Gasteiger charge is 2.66. The quantitative estimate of drug-likeness (QED) is 0.342. The molecule has 0 radical (unpaired) electrons. The minimum atomic E-state index is -1.38. The number of halogens is 2. The standard InChI is InChI=1S/C30H31ClFN5O4/c1-29(2,3)13-22-30(18-14-34-11-10-20(18)36-28(30)40)23(17-6-5-7-19(31)24(17)32)25(37-22)27(39)35-15-8-9-16(26(33)38)21(12-15)41-4/h5-12,14,22-23,25,37H,13H2,1-4H3,(H2,33,38)(H,35,39)(H,36,40)/t22-,23-,25+,30+/m0/s1. The topological polar surface area (TPSA) is 135 Å². The lowest BCUT2D eigenvalue weighted by atomic mass is 9.62. The Bertz CT molecular complexity index is 1560. The number of primary amides is 1. The zero-order chi connectivity index (χ0) is 29.7. The van der Waals surface area contributed by atoms with Crippen LogP contribution in [0.5, 0.6) is 5.75 Å². The molecule has 1 fully saturated rings. The molecule has 3 aromatic rings. The van der Waals surface area contributed by atoms with Gasteiger partial charge in [-0.3, -0.25) is 19.4 Å². The number of benzene rings is 2. The molecular weight excluding hydrogens is 549 g/mol. The van der Waals surface area contributed by atoms with Crippen LogP contribution in [0.25, 0.3) is 0 Å². The Kier molecular flexibility index (Phi) is 7.25. The lowest BCUT2D eigenvalue weighted by Gasteiger charge is -2.37. The van der Waals surface area contributed by atoms with E-state index in [0.717, 1.165) is 0 Å². The SMILES string of the molecule is COc1cc(NC(=O)[C@@H]2N[C@@H](CC(C)(C)C)[C@@]3(C(=O)Nc4ccncc43)[C@H]2c2cccc(Cl)c2F)ccc1C(N)=O. The number of carbonyl (C=O) groups excluding carboxylic acids is 3. The summed E-state index contributed by atoms with van der Waals surface area (Å²) in [5.41, 5.74) is 5.54. The van der Waals surface area contributed by atoms with Crippen molar-refractivity contribution in [2.75, 3.05) is 17.7 Å². The number of hydrogen-bond donors (Lipinski definition) is 4. The first kappa shape index (κ1) is 28.5. The van der Waals surface area contributed by atoms with Gasteiger partial charge in [-0.25, -0.2) is 4.39 Å². The zero-order valence-electron chi connectivity index (χ0n) is 23.0. The van der Waals surface area contributed by atoms with Crippen LogP contribution in [0, 0.1) is 11.2 Å². The predicted molar refractivity (Wildman–Crippen MR) is 154 cm³/mol. The average Bonchev–Trinajstić information content (AvgIpc) is 3.39. The van der Waals surface area contributed by atoms with Crippen molar-refractivity contribution in [3.8, 4) is 5.75 Å². The maximum absolute atomic E-state index is 15.8. The van der Waals surface area contributed by atoms with E-state index in [-0.39, 0.29) is 33.2 Å². The normalized spacial score (nSPS) is 23.3. The average molecular weight is 580 g/mol. The summed E-state index contributed by atoms with van der Waals surface area (Å²) >= 11 is 6.24. The van der Waals surface area contributed by atoms with Gasteiger partial charge in [-0.2, -0.15) is 0 Å². The van der Waals surface area contributed by atoms with Crippen LogP contribution in [0.4, 0.5) is 15.8 Å². The van der Waals surface area contributed by atoms with E-state index in [1.165, 1.54) is 31.4 Å². The molecule has 0 unspecified atom stereocenters. The first-order valence-electron chi connectivity index (χ1n) is 13.1. The molecular formula is C30H31ClFN5O4. The molecule has 1 aromatic heterocycles. The molecule has 3 heterocycles. The van der Waals surface area contributed by atoms with Crippen LogP contribution in [0.2, 0.25) is 5.02 Å². The van der Waals surface area contributed by atoms with E-state index in [1.54, 1.807) is 30.6 Å². The van der Waals surface area contributed by atoms with Gasteiger partial charge in [0.15, 0.2) is 0 Å². The number of nitrogens with zero attached hydrogens (tertiary/aromatic N) is 1. The van der Waals surface area contributed by atoms with Gasteiger partial charge in [-0.15, -0.1) is 0 Å². The Labute approximate surface area is 242 Å². The van der Waals surface area contributed by atoms with Gasteiger partial charge in [-0.05, 0) is 41.7 Å². The number of fused-ring (bicyclic) bond motifs is 2. The highest BCUT2D eigenvalue weighted by atomic mass is 35.5. The van der Waals surface area contributed by atoms with Gasteiger partial charge >= 0.3 is 0 Å². The van der Waals surface area contributed by atoms with Crippen molar-refractivity contribution in [3.63, 3.8) is 0 Å². The number of carbonyl (C=O) groups is 3. The summed E-state index contributed by atoms with van der Waals surface area (Å²) in [6, 6.07) is 9.10. The Balaban J connectivity index is 1.68. The van der Waals surface area contributed by atoms with E-state index < -0.39 is 41.0 Å². The number of aromatic nitrogens is 1. The highest BCUT2D eigenvalue weighted by Crippen LogP contribution is 2.56. The van der Waals surface area contributed by atoms with Crippen LogP contribution >= 0.6 is 11.6 Å². The van der Waals surface area contributed by atoms with Crippen LogP contribution in [0.1, 0.15) is 54.6 Å². The molecule has 1 saturated heterocycles. The lowest BCUT2D eigenvalue weighted by Crippen LogP contribution is -2.49. The van der Waals surface area contributed by atoms with Gasteiger partial charge in [0.25, 0.3) is 5.91 Å². The Morgan fingerprint density at radius 1 is 1.22 bits per heavy atom. The van der Waals surface area contributed by atoms with Crippen LogP contribution < -0.4 is 26.4 Å². The highest BCUT2D eigenvalue weighted by molar-refractivity contribution is 6.30. The molecule has 0 saturated carbocycles. The summed E-state index contributed by atoms with van der Waals surface area (Å²) in [5.74, 6) is -3.05. The maximum Gasteiger partial charge on any atom is 0.252 e. The summed E-state index contributed by atoms with van der Waals surface area (Å²) in [6.45, 7) is 6.11. The molecule has 0 bridgehead atoms. The fraction of sp³-hybridized carbons (Fsp3) is 0.333. The Morgan fingerprint density at radius 2 is 1.98 bits per heavy atom. The number of hydrogen-bond acceptors (Lipinski definition) is 6. The van der Waals surface area contributed by atoms with Crippen molar-refractivity contribution in [1.29, 1.82) is 0 Å². The van der Waals surface area contributed by atoms with Gasteiger partial charge < -0.3 is 26.4 Å². The monoisotopic (exact) mass is 579 g/mol. The van der Waals surface area contributed by atoms with Crippen LogP contribution in [0.15, 0.2) is 54.9 Å². The van der Waals surface area contributed by atoms with Crippen LogP contribution in [-0.2, 0) is 15.0 Å². The number of methoxy groups -OCH3 is 1. The zero-order valence-corrected chi connectivity index (χ0v) is 23.8. The molecule has 4 atom stereocenters. The minimum Gasteiger partial charge on any atom is -0.496 e. The van der Waals surface area contributed by atoms with Crippen molar-refractivity contribution in [2.45, 2.75) is 50.6 Å². The summed E-state index contributed by atoms with van der Waals surface area (Å²) < 4.78 is 21.1. The molecule has 2 aliphatic heterocycles. The molecule has 5 rings (SSSR count). The second kappa shape index (κ2) is 10.4. The molecule has 11 heteroatoms. The summed E-state index contributed by atoms with van der Waals surface area (Å²) in [5, 5.41) is 9.10. The number of anilines is 2. The first-order chi connectivity index (χ1) is 19.4. The number of nitrogens with one attached hydrogen (secondary N) is 3. The Hall–Kier alpha value is -4.02. The number of pyridine rings is 1. The maximum atomic E-state index is 15.8. The van der Waals surface area contributed by atoms with Crippen LogP contribution in [-0.4, -0.2) is 41.9 Å². The number of ether oxygens (including phenoxy) is 1. The number of amides is 3. The number of rotatable bonds is 6. The Morgan fingerprint density at radius 3 is 2.66 bits per heavy atom. The fourth-order valence-corrected chi connectivity index (χ4v) is 6.38. The van der Waals surface area contributed by atoms with E-state index in [0.29, 0.717) is 23.4 Å². The van der Waals surface area contributed by atoms with Gasteiger partial charge in [0, 0.05) is 47.4 Å². The van der Waals surface area contributed by atoms with E-state index in [1.807, 2.05) is 20.8 Å². The summed E-state index contributed by atoms with van der Waals surface area (Å²) in [7, 11) is 1.38. The van der Waals surface area contributed by atoms with Crippen molar-refractivity contribution in [1.82, 2.24) is 10.3 Å². The molecule has 1 spiro atoms. The van der Waals surface area contributed by atoms with Crippen LogP contribution in [0.3, 0.4) is 0 Å². The van der Waals surface area contributed by atoms with Crippen molar-refractivity contribution in [3.05, 3.63) is 82.4 Å². The molecule has 2 aliphatic rings. The first-order valence-corrected chi connectivity index (χ1v) is 13.5. The fourth-order valence-electron chi connectivity index (χ4n) is 6.20. The third-order valence-corrected chi connectivity index (χ3v) is 8.09. The van der Waals surface area contributed by atoms with Crippen molar-refractivity contribution < 1.29 is 23.5 Å². The molecule has 9 nitrogen and oxygen atoms in total. The third kappa shape index (κ3) is 4.81. The van der Waals surface area contributed by atoms with E-state index >= 15 is 4.39 Å². The van der Waals surface area contributed by atoms with E-state index in [4.69, 9.17) is 22.1 Å². The molecule has 214 valence electrons.